The zero-order valence-electron chi connectivity index (χ0n) is 19.0. The van der Waals surface area contributed by atoms with E-state index in [1.165, 1.54) is 0 Å². The number of nitrogens with zero attached hydrogens (tertiary/aromatic N) is 5. The lowest BCUT2D eigenvalue weighted by Gasteiger charge is -2.27. The highest BCUT2D eigenvalue weighted by molar-refractivity contribution is 5.95. The molecule has 1 atom stereocenters. The smallest absolute Gasteiger partial charge is 0.226 e. The van der Waals surface area contributed by atoms with Crippen molar-refractivity contribution in [1.82, 2.24) is 20.0 Å². The second kappa shape index (κ2) is 9.19. The number of fused-ring (bicyclic) bond motifs is 1. The quantitative estimate of drug-likeness (QED) is 0.619. The van der Waals surface area contributed by atoms with E-state index in [2.05, 4.69) is 27.3 Å². The predicted octanol–water partition coefficient (Wildman–Crippen LogP) is 3.07. The summed E-state index contributed by atoms with van der Waals surface area (Å²) in [5, 5.41) is 16.6. The van der Waals surface area contributed by atoms with Crippen LogP contribution in [0.15, 0.2) is 36.4 Å². The van der Waals surface area contributed by atoms with Gasteiger partial charge in [-0.3, -0.25) is 4.79 Å². The SMILES string of the molecule is CCCOc1ccccc1[C@H]1CC(=O)Nc2c1c(C)nn2-c1ccc(N2CCOCC2)nn1. The van der Waals surface area contributed by atoms with Crippen molar-refractivity contribution in [1.29, 1.82) is 0 Å². The number of para-hydroxylation sites is 1. The fourth-order valence-electron chi connectivity index (χ4n) is 4.48. The van der Waals surface area contributed by atoms with Gasteiger partial charge < -0.3 is 19.7 Å². The molecule has 3 aromatic rings. The molecule has 0 saturated carbocycles. The first kappa shape index (κ1) is 21.4. The van der Waals surface area contributed by atoms with Crippen molar-refractivity contribution in [3.8, 4) is 11.6 Å². The minimum absolute atomic E-state index is 0.0585. The van der Waals surface area contributed by atoms with Crippen LogP contribution < -0.4 is 15.0 Å². The van der Waals surface area contributed by atoms with E-state index in [9.17, 15) is 4.79 Å². The average Bonchev–Trinajstić information content (AvgIpc) is 3.19. The van der Waals surface area contributed by atoms with E-state index in [4.69, 9.17) is 14.6 Å². The second-order valence-electron chi connectivity index (χ2n) is 8.30. The summed E-state index contributed by atoms with van der Waals surface area (Å²) in [5.41, 5.74) is 2.83. The lowest BCUT2D eigenvalue weighted by atomic mass is 9.85. The maximum Gasteiger partial charge on any atom is 0.226 e. The van der Waals surface area contributed by atoms with E-state index in [-0.39, 0.29) is 11.8 Å². The summed E-state index contributed by atoms with van der Waals surface area (Å²) < 4.78 is 13.1. The summed E-state index contributed by atoms with van der Waals surface area (Å²) in [5.74, 6) is 2.63. The highest BCUT2D eigenvalue weighted by atomic mass is 16.5. The Kier molecular flexibility index (Phi) is 5.95. The standard InChI is InChI=1S/C24H28N6O3/c1-3-12-33-19-7-5-4-6-17(19)18-15-22(31)25-24-23(18)16(2)28-30(24)21-9-8-20(26-27-21)29-10-13-32-14-11-29/h4-9,18H,3,10-15H2,1-2H3,(H,25,31)/t18-/m1/s1. The van der Waals surface area contributed by atoms with Crippen molar-refractivity contribution in [3.63, 3.8) is 0 Å². The first-order valence-electron chi connectivity index (χ1n) is 11.4. The van der Waals surface area contributed by atoms with Crippen molar-refractivity contribution < 1.29 is 14.3 Å². The van der Waals surface area contributed by atoms with Crippen LogP contribution in [0, 0.1) is 6.92 Å². The Morgan fingerprint density at radius 1 is 1.12 bits per heavy atom. The molecule has 1 saturated heterocycles. The summed E-state index contributed by atoms with van der Waals surface area (Å²) in [4.78, 5) is 14.9. The van der Waals surface area contributed by atoms with Crippen molar-refractivity contribution in [2.24, 2.45) is 0 Å². The van der Waals surface area contributed by atoms with E-state index in [1.54, 1.807) is 4.68 Å². The van der Waals surface area contributed by atoms with Crippen LogP contribution in [0.4, 0.5) is 11.6 Å². The van der Waals surface area contributed by atoms with Crippen LogP contribution in [0.3, 0.4) is 0 Å². The molecule has 0 spiro atoms. The molecule has 1 aromatic carbocycles. The average molecular weight is 449 g/mol. The number of ether oxygens (including phenoxy) is 2. The van der Waals surface area contributed by atoms with Crippen LogP contribution >= 0.6 is 0 Å². The Labute approximate surface area is 192 Å². The number of carbonyl (C=O) groups excluding carboxylic acids is 1. The number of hydrogen-bond donors (Lipinski definition) is 1. The van der Waals surface area contributed by atoms with Gasteiger partial charge in [-0.15, -0.1) is 10.2 Å². The molecule has 0 radical (unpaired) electrons. The van der Waals surface area contributed by atoms with E-state index in [0.717, 1.165) is 47.9 Å². The van der Waals surface area contributed by atoms with Crippen LogP contribution in [0.2, 0.25) is 0 Å². The molecular weight excluding hydrogens is 420 g/mol. The molecule has 1 N–H and O–H groups in total. The summed E-state index contributed by atoms with van der Waals surface area (Å²) in [7, 11) is 0. The Morgan fingerprint density at radius 2 is 1.88 bits per heavy atom. The van der Waals surface area contributed by atoms with Gasteiger partial charge in [-0.05, 0) is 31.5 Å². The number of aryl methyl sites for hydroxylation is 1. The van der Waals surface area contributed by atoms with Gasteiger partial charge in [0.05, 0.1) is 25.5 Å². The molecule has 9 heteroatoms. The number of morpholine rings is 1. The minimum atomic E-state index is -0.142. The fraction of sp³-hybridized carbons (Fsp3) is 0.417. The first-order valence-corrected chi connectivity index (χ1v) is 11.4. The number of aromatic nitrogens is 4. The Morgan fingerprint density at radius 3 is 2.64 bits per heavy atom. The maximum atomic E-state index is 12.7. The summed E-state index contributed by atoms with van der Waals surface area (Å²) >= 11 is 0. The molecule has 0 aliphatic carbocycles. The van der Waals surface area contributed by atoms with Crippen LogP contribution in [0.5, 0.6) is 5.75 Å². The van der Waals surface area contributed by atoms with Crippen molar-refractivity contribution >= 4 is 17.5 Å². The monoisotopic (exact) mass is 448 g/mol. The highest BCUT2D eigenvalue weighted by Gasteiger charge is 2.34. The number of hydrogen-bond acceptors (Lipinski definition) is 7. The van der Waals surface area contributed by atoms with Gasteiger partial charge in [-0.25, -0.2) is 0 Å². The van der Waals surface area contributed by atoms with E-state index in [0.29, 0.717) is 37.9 Å². The molecule has 2 aromatic heterocycles. The molecule has 0 bridgehead atoms. The molecule has 5 rings (SSSR count). The molecule has 9 nitrogen and oxygen atoms in total. The molecule has 33 heavy (non-hydrogen) atoms. The van der Waals surface area contributed by atoms with Gasteiger partial charge in [0.1, 0.15) is 11.6 Å². The van der Waals surface area contributed by atoms with E-state index < -0.39 is 0 Å². The fourth-order valence-corrected chi connectivity index (χ4v) is 4.48. The number of benzene rings is 1. The molecule has 1 fully saturated rings. The molecule has 172 valence electrons. The van der Waals surface area contributed by atoms with Gasteiger partial charge in [0.2, 0.25) is 5.91 Å². The number of nitrogens with one attached hydrogen (secondary N) is 1. The zero-order valence-corrected chi connectivity index (χ0v) is 19.0. The third-order valence-electron chi connectivity index (χ3n) is 6.05. The number of carbonyl (C=O) groups is 1. The van der Waals surface area contributed by atoms with E-state index >= 15 is 0 Å². The number of anilines is 2. The predicted molar refractivity (Wildman–Crippen MR) is 124 cm³/mol. The van der Waals surface area contributed by atoms with Crippen LogP contribution in [-0.2, 0) is 9.53 Å². The molecule has 2 aliphatic heterocycles. The van der Waals surface area contributed by atoms with E-state index in [1.807, 2.05) is 43.3 Å². The Balaban J connectivity index is 1.51. The van der Waals surface area contributed by atoms with Gasteiger partial charge in [-0.1, -0.05) is 25.1 Å². The third-order valence-corrected chi connectivity index (χ3v) is 6.05. The lowest BCUT2D eigenvalue weighted by molar-refractivity contribution is -0.116. The molecule has 0 unspecified atom stereocenters. The zero-order chi connectivity index (χ0) is 22.8. The van der Waals surface area contributed by atoms with Crippen molar-refractivity contribution in [3.05, 3.63) is 53.2 Å². The van der Waals surface area contributed by atoms with Gasteiger partial charge in [-0.2, -0.15) is 9.78 Å². The summed E-state index contributed by atoms with van der Waals surface area (Å²) in [6.07, 6.45) is 1.26. The molecule has 2 aliphatic rings. The lowest BCUT2D eigenvalue weighted by Crippen LogP contribution is -2.36. The first-order chi connectivity index (χ1) is 16.2. The topological polar surface area (TPSA) is 94.4 Å². The van der Waals surface area contributed by atoms with Gasteiger partial charge >= 0.3 is 0 Å². The molecular formula is C24H28N6O3. The number of amides is 1. The second-order valence-corrected chi connectivity index (χ2v) is 8.30. The Hall–Kier alpha value is -3.46. The van der Waals surface area contributed by atoms with Gasteiger partial charge in [0, 0.05) is 36.6 Å². The van der Waals surface area contributed by atoms with Crippen LogP contribution in [-0.4, -0.2) is 58.8 Å². The third kappa shape index (κ3) is 4.16. The van der Waals surface area contributed by atoms with Crippen LogP contribution in [0.1, 0.15) is 42.5 Å². The summed E-state index contributed by atoms with van der Waals surface area (Å²) in [6.45, 7) is 7.63. The Bertz CT molecular complexity index is 1140. The molecule has 1 amide bonds. The largest absolute Gasteiger partial charge is 0.493 e. The van der Waals surface area contributed by atoms with Crippen molar-refractivity contribution in [2.75, 3.05) is 43.1 Å². The van der Waals surface area contributed by atoms with Crippen LogP contribution in [0.25, 0.3) is 5.82 Å². The normalized spacial score (nSPS) is 18.1. The highest BCUT2D eigenvalue weighted by Crippen LogP contribution is 2.43. The molecule has 4 heterocycles. The number of rotatable bonds is 6. The van der Waals surface area contributed by atoms with Gasteiger partial charge in [0.25, 0.3) is 0 Å². The summed E-state index contributed by atoms with van der Waals surface area (Å²) in [6, 6.07) is 11.8. The van der Waals surface area contributed by atoms with Gasteiger partial charge in [0.15, 0.2) is 11.6 Å². The maximum absolute atomic E-state index is 12.7. The van der Waals surface area contributed by atoms with Crippen molar-refractivity contribution in [2.45, 2.75) is 32.6 Å². The minimum Gasteiger partial charge on any atom is -0.493 e.